The molecule has 3 aromatic carbocycles. The third-order valence-electron chi connectivity index (χ3n) is 4.10. The van der Waals surface area contributed by atoms with Crippen LogP contribution < -0.4 is 20.1 Å². The maximum absolute atomic E-state index is 12.2. The van der Waals surface area contributed by atoms with Gasteiger partial charge in [-0.3, -0.25) is 0 Å². The van der Waals surface area contributed by atoms with E-state index in [4.69, 9.17) is 9.47 Å². The van der Waals surface area contributed by atoms with Gasteiger partial charge < -0.3 is 20.1 Å². The Bertz CT molecular complexity index is 905. The maximum atomic E-state index is 12.2. The highest BCUT2D eigenvalue weighted by Crippen LogP contribution is 2.30. The van der Waals surface area contributed by atoms with Crippen LogP contribution in [0.1, 0.15) is 0 Å². The Morgan fingerprint density at radius 2 is 1.72 bits per heavy atom. The summed E-state index contributed by atoms with van der Waals surface area (Å²) in [6.07, 6.45) is -0.215. The first-order valence-electron chi connectivity index (χ1n) is 8.21. The van der Waals surface area contributed by atoms with E-state index in [1.54, 1.807) is 0 Å². The van der Waals surface area contributed by atoms with Gasteiger partial charge in [-0.1, -0.05) is 48.5 Å². The molecule has 0 spiro atoms. The highest BCUT2D eigenvalue weighted by molar-refractivity contribution is 6.01. The van der Waals surface area contributed by atoms with Crippen LogP contribution in [-0.2, 0) is 0 Å². The molecule has 1 aliphatic heterocycles. The number of ether oxygens (including phenoxy) is 2. The number of hydrogen-bond acceptors (Lipinski definition) is 3. The molecule has 3 aromatic rings. The summed E-state index contributed by atoms with van der Waals surface area (Å²) < 4.78 is 11.5. The molecule has 0 saturated heterocycles. The Hall–Kier alpha value is -3.21. The van der Waals surface area contributed by atoms with Gasteiger partial charge in [-0.15, -0.1) is 0 Å². The minimum atomic E-state index is -0.265. The maximum Gasteiger partial charge on any atom is 0.319 e. The first-order valence-corrected chi connectivity index (χ1v) is 8.21. The van der Waals surface area contributed by atoms with Crippen LogP contribution >= 0.6 is 0 Å². The minimum absolute atomic E-state index is 0.215. The van der Waals surface area contributed by atoms with Crippen molar-refractivity contribution in [2.45, 2.75) is 6.10 Å². The fraction of sp³-hybridized carbons (Fsp3) is 0.150. The van der Waals surface area contributed by atoms with Crippen LogP contribution in [0.3, 0.4) is 0 Å². The summed E-state index contributed by atoms with van der Waals surface area (Å²) in [5, 5.41) is 7.83. The number of carbonyl (C=O) groups is 1. The van der Waals surface area contributed by atoms with E-state index in [1.165, 1.54) is 0 Å². The molecule has 4 rings (SSSR count). The molecule has 2 amide bonds. The molecule has 0 radical (unpaired) electrons. The lowest BCUT2D eigenvalue weighted by Gasteiger charge is -2.26. The summed E-state index contributed by atoms with van der Waals surface area (Å²) >= 11 is 0. The van der Waals surface area contributed by atoms with E-state index in [0.717, 1.165) is 22.2 Å². The van der Waals surface area contributed by atoms with E-state index in [2.05, 4.69) is 10.6 Å². The number of amides is 2. The number of para-hydroxylation sites is 2. The smallest absolute Gasteiger partial charge is 0.319 e. The van der Waals surface area contributed by atoms with Crippen molar-refractivity contribution in [3.63, 3.8) is 0 Å². The molecule has 0 bridgehead atoms. The van der Waals surface area contributed by atoms with Crippen LogP contribution in [-0.4, -0.2) is 25.3 Å². The Morgan fingerprint density at radius 3 is 2.64 bits per heavy atom. The molecule has 0 unspecified atom stereocenters. The summed E-state index contributed by atoms with van der Waals surface area (Å²) in [6, 6.07) is 21.0. The van der Waals surface area contributed by atoms with Crippen LogP contribution in [0, 0.1) is 0 Å². The van der Waals surface area contributed by atoms with Crippen LogP contribution in [0.2, 0.25) is 0 Å². The Morgan fingerprint density at radius 1 is 0.960 bits per heavy atom. The van der Waals surface area contributed by atoms with Crippen LogP contribution in [0.25, 0.3) is 10.8 Å². The molecule has 0 fully saturated rings. The van der Waals surface area contributed by atoms with Gasteiger partial charge in [0.15, 0.2) is 17.6 Å². The van der Waals surface area contributed by atoms with E-state index in [9.17, 15) is 4.79 Å². The predicted octanol–water partition coefficient (Wildman–Crippen LogP) is 3.80. The average Bonchev–Trinajstić information content (AvgIpc) is 2.66. The lowest BCUT2D eigenvalue weighted by atomic mass is 10.1. The van der Waals surface area contributed by atoms with Crippen molar-refractivity contribution in [2.24, 2.45) is 0 Å². The van der Waals surface area contributed by atoms with Crippen LogP contribution in [0.4, 0.5) is 10.5 Å². The van der Waals surface area contributed by atoms with E-state index in [0.29, 0.717) is 18.9 Å². The van der Waals surface area contributed by atoms with Gasteiger partial charge in [0.25, 0.3) is 0 Å². The highest BCUT2D eigenvalue weighted by Gasteiger charge is 2.21. The van der Waals surface area contributed by atoms with Gasteiger partial charge in [-0.25, -0.2) is 4.79 Å². The number of carbonyl (C=O) groups excluding carboxylic acids is 1. The molecular weight excluding hydrogens is 316 g/mol. The van der Waals surface area contributed by atoms with Gasteiger partial charge in [0, 0.05) is 5.39 Å². The summed E-state index contributed by atoms with van der Waals surface area (Å²) in [7, 11) is 0. The average molecular weight is 334 g/mol. The zero-order valence-corrected chi connectivity index (χ0v) is 13.6. The molecule has 0 aromatic heterocycles. The molecule has 1 atom stereocenters. The SMILES string of the molecule is O=C(NC[C@@H]1COc2ccccc2O1)Nc1cccc2ccccc12. The monoisotopic (exact) mass is 334 g/mol. The predicted molar refractivity (Wildman–Crippen MR) is 97.3 cm³/mol. The molecule has 1 aliphatic rings. The van der Waals surface area contributed by atoms with Crippen molar-refractivity contribution in [3.8, 4) is 11.5 Å². The van der Waals surface area contributed by atoms with E-state index < -0.39 is 0 Å². The standard InChI is InChI=1S/C20H18N2O3/c23-20(22-17-9-5-7-14-6-1-2-8-16(14)17)21-12-15-13-24-18-10-3-4-11-19(18)25-15/h1-11,15H,12-13H2,(H2,21,22,23)/t15-/m1/s1. The van der Waals surface area contributed by atoms with E-state index >= 15 is 0 Å². The van der Waals surface area contributed by atoms with E-state index in [1.807, 2.05) is 66.7 Å². The number of urea groups is 1. The summed E-state index contributed by atoms with van der Waals surface area (Å²) in [5.41, 5.74) is 0.779. The molecule has 126 valence electrons. The third-order valence-corrected chi connectivity index (χ3v) is 4.10. The fourth-order valence-electron chi connectivity index (χ4n) is 2.87. The molecule has 0 saturated carbocycles. The molecule has 0 aliphatic carbocycles. The van der Waals surface area contributed by atoms with Gasteiger partial charge in [0.05, 0.1) is 12.2 Å². The van der Waals surface area contributed by atoms with Crippen molar-refractivity contribution in [3.05, 3.63) is 66.7 Å². The van der Waals surface area contributed by atoms with E-state index in [-0.39, 0.29) is 12.1 Å². The van der Waals surface area contributed by atoms with Gasteiger partial charge >= 0.3 is 6.03 Å². The number of nitrogens with one attached hydrogen (secondary N) is 2. The van der Waals surface area contributed by atoms with Gasteiger partial charge in [0.2, 0.25) is 0 Å². The van der Waals surface area contributed by atoms with Crippen LogP contribution in [0.5, 0.6) is 11.5 Å². The largest absolute Gasteiger partial charge is 0.486 e. The second kappa shape index (κ2) is 6.73. The number of fused-ring (bicyclic) bond motifs is 2. The second-order valence-electron chi connectivity index (χ2n) is 5.86. The van der Waals surface area contributed by atoms with Crippen molar-refractivity contribution < 1.29 is 14.3 Å². The summed E-state index contributed by atoms with van der Waals surface area (Å²) in [6.45, 7) is 0.774. The van der Waals surface area contributed by atoms with Crippen molar-refractivity contribution in [2.75, 3.05) is 18.5 Å². The lowest BCUT2D eigenvalue weighted by Crippen LogP contribution is -2.42. The molecule has 5 nitrogen and oxygen atoms in total. The normalized spacial score (nSPS) is 15.6. The quantitative estimate of drug-likeness (QED) is 0.766. The number of anilines is 1. The first-order chi connectivity index (χ1) is 12.3. The van der Waals surface area contributed by atoms with Crippen molar-refractivity contribution in [1.82, 2.24) is 5.32 Å². The molecule has 5 heteroatoms. The fourth-order valence-corrected chi connectivity index (χ4v) is 2.87. The molecule has 1 heterocycles. The summed E-state index contributed by atoms with van der Waals surface area (Å²) in [4.78, 5) is 12.2. The second-order valence-corrected chi connectivity index (χ2v) is 5.86. The lowest BCUT2D eigenvalue weighted by molar-refractivity contribution is 0.0922. The molecule has 25 heavy (non-hydrogen) atoms. The first kappa shape index (κ1) is 15.3. The molecular formula is C20H18N2O3. The van der Waals surface area contributed by atoms with Gasteiger partial charge in [-0.05, 0) is 23.6 Å². The van der Waals surface area contributed by atoms with Crippen molar-refractivity contribution in [1.29, 1.82) is 0 Å². The third kappa shape index (κ3) is 3.35. The van der Waals surface area contributed by atoms with Gasteiger partial charge in [-0.2, -0.15) is 0 Å². The zero-order chi connectivity index (χ0) is 17.1. The minimum Gasteiger partial charge on any atom is -0.486 e. The topological polar surface area (TPSA) is 59.6 Å². The van der Waals surface area contributed by atoms with Crippen LogP contribution in [0.15, 0.2) is 66.7 Å². The molecule has 2 N–H and O–H groups in total. The Balaban J connectivity index is 1.37. The Labute approximate surface area is 145 Å². The number of benzene rings is 3. The number of rotatable bonds is 3. The summed E-state index contributed by atoms with van der Waals surface area (Å²) in [5.74, 6) is 1.44. The van der Waals surface area contributed by atoms with Gasteiger partial charge in [0.1, 0.15) is 6.61 Å². The zero-order valence-electron chi connectivity index (χ0n) is 13.6. The number of hydrogen-bond donors (Lipinski definition) is 2. The highest BCUT2D eigenvalue weighted by atomic mass is 16.6. The Kier molecular flexibility index (Phi) is 4.12. The van der Waals surface area contributed by atoms with Crippen molar-refractivity contribution >= 4 is 22.5 Å².